The van der Waals surface area contributed by atoms with Gasteiger partial charge >= 0.3 is 0 Å². The Hall–Kier alpha value is -0.920. The molecule has 3 N–H and O–H groups in total. The summed E-state index contributed by atoms with van der Waals surface area (Å²) in [4.78, 5) is 12.0. The van der Waals surface area contributed by atoms with Crippen molar-refractivity contribution in [3.05, 3.63) is 17.0 Å². The first-order chi connectivity index (χ1) is 8.36. The van der Waals surface area contributed by atoms with Gasteiger partial charge in [0.1, 0.15) is 4.21 Å². The molecule has 0 aromatic carbocycles. The Morgan fingerprint density at radius 3 is 2.61 bits per heavy atom. The lowest BCUT2D eigenvalue weighted by molar-refractivity contribution is 0.0821. The van der Waals surface area contributed by atoms with Gasteiger partial charge in [-0.15, -0.1) is 11.3 Å². The van der Waals surface area contributed by atoms with Crippen molar-refractivity contribution in [3.63, 3.8) is 0 Å². The van der Waals surface area contributed by atoms with Crippen molar-refractivity contribution < 1.29 is 13.2 Å². The van der Waals surface area contributed by atoms with Crippen LogP contribution in [-0.4, -0.2) is 19.9 Å². The van der Waals surface area contributed by atoms with Crippen LogP contribution >= 0.6 is 11.3 Å². The fourth-order valence-electron chi connectivity index (χ4n) is 2.07. The molecule has 0 unspecified atom stereocenters. The lowest BCUT2D eigenvalue weighted by Gasteiger charge is -2.41. The summed E-state index contributed by atoms with van der Waals surface area (Å²) in [6.45, 7) is 2.04. The number of hydrogen-bond acceptors (Lipinski definition) is 4. The highest BCUT2D eigenvalue weighted by molar-refractivity contribution is 7.91. The summed E-state index contributed by atoms with van der Waals surface area (Å²) < 4.78 is 22.3. The third-order valence-corrected chi connectivity index (χ3v) is 5.87. The molecule has 5 nitrogen and oxygen atoms in total. The number of hydrogen-bond donors (Lipinski definition) is 2. The van der Waals surface area contributed by atoms with Crippen molar-refractivity contribution in [3.8, 4) is 0 Å². The number of sulfonamides is 1. The molecule has 100 valence electrons. The zero-order chi connectivity index (χ0) is 13.4. The van der Waals surface area contributed by atoms with E-state index < -0.39 is 10.0 Å². The zero-order valence-electron chi connectivity index (χ0n) is 10.1. The van der Waals surface area contributed by atoms with Crippen LogP contribution in [0.15, 0.2) is 15.7 Å². The molecule has 18 heavy (non-hydrogen) atoms. The van der Waals surface area contributed by atoms with Crippen LogP contribution in [-0.2, 0) is 10.0 Å². The van der Waals surface area contributed by atoms with Crippen LogP contribution < -0.4 is 10.5 Å². The lowest BCUT2D eigenvalue weighted by Crippen LogP contribution is -2.52. The van der Waals surface area contributed by atoms with E-state index in [1.807, 2.05) is 6.92 Å². The van der Waals surface area contributed by atoms with Crippen molar-refractivity contribution in [2.75, 3.05) is 0 Å². The molecule has 1 aromatic heterocycles. The van der Waals surface area contributed by atoms with Crippen LogP contribution in [0.3, 0.4) is 0 Å². The van der Waals surface area contributed by atoms with Crippen molar-refractivity contribution in [2.45, 2.75) is 42.4 Å². The Labute approximate surface area is 110 Å². The van der Waals surface area contributed by atoms with E-state index in [1.165, 1.54) is 11.4 Å². The third-order valence-electron chi connectivity index (χ3n) is 3.48. The molecule has 1 saturated carbocycles. The summed E-state index contributed by atoms with van der Waals surface area (Å²) >= 11 is 0.970. The highest BCUT2D eigenvalue weighted by atomic mass is 32.2. The summed E-state index contributed by atoms with van der Waals surface area (Å²) in [6.07, 6.45) is 3.99. The number of rotatable bonds is 4. The number of carbonyl (C=O) groups is 1. The van der Waals surface area contributed by atoms with E-state index in [2.05, 4.69) is 5.32 Å². The maximum atomic E-state index is 12.0. The van der Waals surface area contributed by atoms with Crippen molar-refractivity contribution in [1.82, 2.24) is 5.32 Å². The van der Waals surface area contributed by atoms with Crippen LogP contribution in [0.25, 0.3) is 0 Å². The molecule has 0 atom stereocenters. The van der Waals surface area contributed by atoms with Crippen LogP contribution in [0.2, 0.25) is 0 Å². The predicted octanol–water partition coefficient (Wildman–Crippen LogP) is 1.46. The van der Waals surface area contributed by atoms with Gasteiger partial charge in [0.15, 0.2) is 0 Å². The normalized spacial score (nSPS) is 18.1. The van der Waals surface area contributed by atoms with Crippen molar-refractivity contribution >= 4 is 27.3 Å². The fraction of sp³-hybridized carbons (Fsp3) is 0.545. The first kappa shape index (κ1) is 13.5. The Morgan fingerprint density at radius 1 is 1.56 bits per heavy atom. The van der Waals surface area contributed by atoms with Gasteiger partial charge in [0.2, 0.25) is 10.0 Å². The molecule has 1 amide bonds. The predicted molar refractivity (Wildman–Crippen MR) is 70.0 cm³/mol. The minimum atomic E-state index is -3.72. The van der Waals surface area contributed by atoms with Gasteiger partial charge in [0.25, 0.3) is 5.91 Å². The maximum absolute atomic E-state index is 12.0. The van der Waals surface area contributed by atoms with Gasteiger partial charge in [-0.1, -0.05) is 6.92 Å². The fourth-order valence-corrected chi connectivity index (χ4v) is 3.65. The van der Waals surface area contributed by atoms with Crippen LogP contribution in [0.4, 0.5) is 0 Å². The van der Waals surface area contributed by atoms with E-state index in [4.69, 9.17) is 5.14 Å². The molecule has 0 radical (unpaired) electrons. The maximum Gasteiger partial charge on any atom is 0.252 e. The number of thiophene rings is 1. The second kappa shape index (κ2) is 4.64. The van der Waals surface area contributed by atoms with E-state index in [-0.39, 0.29) is 15.7 Å². The molecule has 1 aromatic rings. The monoisotopic (exact) mass is 288 g/mol. The van der Waals surface area contributed by atoms with Gasteiger partial charge in [-0.25, -0.2) is 13.6 Å². The minimum absolute atomic E-state index is 0.0202. The lowest BCUT2D eigenvalue weighted by atomic mass is 9.75. The highest BCUT2D eigenvalue weighted by Crippen LogP contribution is 2.35. The molecule has 7 heteroatoms. The summed E-state index contributed by atoms with van der Waals surface area (Å²) in [5, 5.41) is 9.53. The number of nitrogens with two attached hydrogens (primary N) is 1. The second-order valence-electron chi connectivity index (χ2n) is 4.64. The van der Waals surface area contributed by atoms with Crippen LogP contribution in [0, 0.1) is 0 Å². The van der Waals surface area contributed by atoms with E-state index in [0.717, 1.165) is 37.0 Å². The van der Waals surface area contributed by atoms with Gasteiger partial charge in [-0.05, 0) is 31.7 Å². The Bertz CT molecular complexity index is 553. The topological polar surface area (TPSA) is 89.3 Å². The second-order valence-corrected chi connectivity index (χ2v) is 7.34. The zero-order valence-corrected chi connectivity index (χ0v) is 11.7. The molecule has 1 heterocycles. The van der Waals surface area contributed by atoms with E-state index >= 15 is 0 Å². The van der Waals surface area contributed by atoms with Crippen molar-refractivity contribution in [2.24, 2.45) is 5.14 Å². The van der Waals surface area contributed by atoms with Gasteiger partial charge in [-0.2, -0.15) is 0 Å². The molecular weight excluding hydrogens is 272 g/mol. The summed E-state index contributed by atoms with van der Waals surface area (Å²) in [6, 6.07) is 1.33. The Kier molecular flexibility index (Phi) is 3.48. The molecule has 0 aliphatic heterocycles. The summed E-state index contributed by atoms with van der Waals surface area (Å²) in [5.41, 5.74) is 0.268. The third kappa shape index (κ3) is 2.57. The van der Waals surface area contributed by atoms with E-state index in [0.29, 0.717) is 5.56 Å². The average Bonchev–Trinajstić information content (AvgIpc) is 2.71. The number of carbonyl (C=O) groups excluding carboxylic acids is 1. The molecular formula is C11H16N2O3S2. The van der Waals surface area contributed by atoms with Gasteiger partial charge < -0.3 is 5.32 Å². The summed E-state index contributed by atoms with van der Waals surface area (Å²) in [7, 11) is -3.72. The smallest absolute Gasteiger partial charge is 0.252 e. The molecule has 1 aliphatic rings. The van der Waals surface area contributed by atoms with Gasteiger partial charge in [0.05, 0.1) is 5.56 Å². The number of primary sulfonamides is 1. The van der Waals surface area contributed by atoms with Gasteiger partial charge in [-0.3, -0.25) is 4.79 Å². The molecule has 1 aliphatic carbocycles. The molecule has 0 spiro atoms. The quantitative estimate of drug-likeness (QED) is 0.879. The van der Waals surface area contributed by atoms with E-state index in [9.17, 15) is 13.2 Å². The Morgan fingerprint density at radius 2 is 2.22 bits per heavy atom. The SMILES string of the molecule is CCC1(NC(=O)c2csc(S(N)(=O)=O)c2)CCC1. The van der Waals surface area contributed by atoms with E-state index in [1.54, 1.807) is 0 Å². The molecule has 0 bridgehead atoms. The first-order valence-corrected chi connectivity index (χ1v) is 8.23. The standard InChI is InChI=1S/C11H16N2O3S2/c1-2-11(4-3-5-11)13-10(14)8-6-9(17-7-8)18(12,15)16/h6-7H,2-5H2,1H3,(H,13,14)(H2,12,15,16). The average molecular weight is 288 g/mol. The number of amides is 1. The largest absolute Gasteiger partial charge is 0.347 e. The molecule has 1 fully saturated rings. The number of nitrogens with one attached hydrogen (secondary N) is 1. The molecule has 2 rings (SSSR count). The highest BCUT2D eigenvalue weighted by Gasteiger charge is 2.36. The van der Waals surface area contributed by atoms with Crippen molar-refractivity contribution in [1.29, 1.82) is 0 Å². The van der Waals surface area contributed by atoms with Gasteiger partial charge in [0, 0.05) is 10.9 Å². The minimum Gasteiger partial charge on any atom is -0.347 e. The summed E-state index contributed by atoms with van der Waals surface area (Å²) in [5.74, 6) is -0.220. The first-order valence-electron chi connectivity index (χ1n) is 5.80. The van der Waals surface area contributed by atoms with Crippen LogP contribution in [0.1, 0.15) is 43.0 Å². The molecule has 0 saturated heterocycles. The Balaban J connectivity index is 2.12. The van der Waals surface area contributed by atoms with Crippen LogP contribution in [0.5, 0.6) is 0 Å².